The number of hydrogen-bond donors (Lipinski definition) is 2. The average Bonchev–Trinajstić information content (AvgIpc) is 2.33. The van der Waals surface area contributed by atoms with Crippen LogP contribution in [-0.4, -0.2) is 33.9 Å². The molecule has 0 heterocycles. The number of nitrogens with one attached hydrogen (secondary N) is 2. The molecule has 0 bridgehead atoms. The highest BCUT2D eigenvalue weighted by Gasteiger charge is 2.22. The molecule has 7 heteroatoms. The topological polar surface area (TPSA) is 67.4 Å². The Kier molecular flexibility index (Phi) is 6.22. The summed E-state index contributed by atoms with van der Waals surface area (Å²) < 4.78 is 31.3. The van der Waals surface area contributed by atoms with Crippen molar-refractivity contribution in [3.63, 3.8) is 0 Å². The van der Waals surface area contributed by atoms with Gasteiger partial charge in [-0.3, -0.25) is 0 Å². The first-order chi connectivity index (χ1) is 9.54. The molecule has 0 aliphatic carbocycles. The molecule has 0 aromatic heterocycles. The van der Waals surface area contributed by atoms with Gasteiger partial charge in [0.15, 0.2) is 0 Å². The lowest BCUT2D eigenvalue weighted by atomic mass is 10.0. The first kappa shape index (κ1) is 18.4. The second kappa shape index (κ2) is 7.09. The Labute approximate surface area is 135 Å². The number of hydrogen-bond acceptors (Lipinski definition) is 4. The Balaban J connectivity index is 2.69. The van der Waals surface area contributed by atoms with Gasteiger partial charge in [-0.2, -0.15) is 0 Å². The zero-order valence-electron chi connectivity index (χ0n) is 13.0. The molecule has 0 saturated carbocycles. The van der Waals surface area contributed by atoms with E-state index in [0.717, 1.165) is 15.8 Å². The van der Waals surface area contributed by atoms with Crippen LogP contribution in [-0.2, 0) is 10.0 Å². The highest BCUT2D eigenvalue weighted by atomic mass is 79.9. The number of ether oxygens (including phenoxy) is 1. The second-order valence-electron chi connectivity index (χ2n) is 5.75. The molecule has 0 aliphatic rings. The molecule has 0 spiro atoms. The lowest BCUT2D eigenvalue weighted by Gasteiger charge is -2.27. The average molecular weight is 379 g/mol. The fourth-order valence-corrected chi connectivity index (χ4v) is 3.65. The van der Waals surface area contributed by atoms with Crippen LogP contribution in [0.5, 0.6) is 5.75 Å². The van der Waals surface area contributed by atoms with Crippen LogP contribution in [0.3, 0.4) is 0 Å². The van der Waals surface area contributed by atoms with Crippen LogP contribution in [0, 0.1) is 0 Å². The van der Waals surface area contributed by atoms with Crippen molar-refractivity contribution >= 4 is 26.0 Å². The smallest absolute Gasteiger partial charge is 0.209 e. The van der Waals surface area contributed by atoms with Gasteiger partial charge >= 0.3 is 0 Å². The summed E-state index contributed by atoms with van der Waals surface area (Å²) in [4.78, 5) is 0. The number of methoxy groups -OCH3 is 1. The van der Waals surface area contributed by atoms with Crippen molar-refractivity contribution in [2.75, 3.05) is 19.9 Å². The SMILES string of the molecule is COc1ccc(C(C)NCC(C)(C)NS(C)(=O)=O)cc1Br. The summed E-state index contributed by atoms with van der Waals surface area (Å²) in [6, 6.07) is 5.97. The van der Waals surface area contributed by atoms with Gasteiger partial charge in [-0.25, -0.2) is 13.1 Å². The summed E-state index contributed by atoms with van der Waals surface area (Å²) in [5, 5.41) is 3.34. The minimum Gasteiger partial charge on any atom is -0.496 e. The maximum absolute atomic E-state index is 11.3. The van der Waals surface area contributed by atoms with E-state index in [1.54, 1.807) is 7.11 Å². The lowest BCUT2D eigenvalue weighted by Crippen LogP contribution is -2.50. The molecule has 2 N–H and O–H groups in total. The molecule has 0 saturated heterocycles. The Bertz CT molecular complexity index is 588. The summed E-state index contributed by atoms with van der Waals surface area (Å²) in [5.74, 6) is 0.782. The van der Waals surface area contributed by atoms with Crippen molar-refractivity contribution in [3.05, 3.63) is 28.2 Å². The number of benzene rings is 1. The number of halogens is 1. The fraction of sp³-hybridized carbons (Fsp3) is 0.571. The van der Waals surface area contributed by atoms with Crippen LogP contribution in [0.1, 0.15) is 32.4 Å². The molecular weight excluding hydrogens is 356 g/mol. The third-order valence-corrected chi connectivity index (χ3v) is 4.53. The van der Waals surface area contributed by atoms with E-state index in [2.05, 4.69) is 26.0 Å². The summed E-state index contributed by atoms with van der Waals surface area (Å²) in [6.45, 7) is 6.24. The molecule has 5 nitrogen and oxygen atoms in total. The standard InChI is InChI=1S/C14H23BrN2O3S/c1-10(11-6-7-13(20-4)12(15)8-11)16-9-14(2,3)17-21(5,18)19/h6-8,10,16-17H,9H2,1-5H3. The minimum absolute atomic E-state index is 0.0906. The quantitative estimate of drug-likeness (QED) is 0.764. The van der Waals surface area contributed by atoms with E-state index < -0.39 is 15.6 Å². The van der Waals surface area contributed by atoms with Crippen molar-refractivity contribution in [2.24, 2.45) is 0 Å². The maximum Gasteiger partial charge on any atom is 0.209 e. The largest absolute Gasteiger partial charge is 0.496 e. The van der Waals surface area contributed by atoms with Gasteiger partial charge in [-0.15, -0.1) is 0 Å². The molecular formula is C14H23BrN2O3S. The molecule has 21 heavy (non-hydrogen) atoms. The molecule has 0 aliphatic heterocycles. The van der Waals surface area contributed by atoms with Crippen molar-refractivity contribution in [3.8, 4) is 5.75 Å². The molecule has 1 unspecified atom stereocenters. The number of rotatable bonds is 7. The first-order valence-corrected chi connectivity index (χ1v) is 9.28. The van der Waals surface area contributed by atoms with E-state index >= 15 is 0 Å². The number of sulfonamides is 1. The monoisotopic (exact) mass is 378 g/mol. The van der Waals surface area contributed by atoms with Crippen molar-refractivity contribution in [1.82, 2.24) is 10.0 Å². The third-order valence-electron chi connectivity index (χ3n) is 2.99. The Morgan fingerprint density at radius 3 is 2.48 bits per heavy atom. The van der Waals surface area contributed by atoms with Crippen LogP contribution in [0.4, 0.5) is 0 Å². The molecule has 0 amide bonds. The predicted molar refractivity (Wildman–Crippen MR) is 89.2 cm³/mol. The highest BCUT2D eigenvalue weighted by molar-refractivity contribution is 9.10. The normalized spacial score (nSPS) is 14.0. The molecule has 120 valence electrons. The van der Waals surface area contributed by atoms with Gasteiger partial charge in [0.2, 0.25) is 10.0 Å². The molecule has 1 rings (SSSR count). The van der Waals surface area contributed by atoms with Crippen LogP contribution in [0.2, 0.25) is 0 Å². The first-order valence-electron chi connectivity index (χ1n) is 6.60. The van der Waals surface area contributed by atoms with Crippen LogP contribution in [0.25, 0.3) is 0 Å². The van der Waals surface area contributed by atoms with Crippen LogP contribution in [0.15, 0.2) is 22.7 Å². The van der Waals surface area contributed by atoms with E-state index in [0.29, 0.717) is 6.54 Å². The molecule has 1 aromatic rings. The Hall–Kier alpha value is -0.630. The van der Waals surface area contributed by atoms with Gasteiger partial charge in [0.05, 0.1) is 17.8 Å². The van der Waals surface area contributed by atoms with Gasteiger partial charge in [-0.05, 0) is 54.4 Å². The Morgan fingerprint density at radius 1 is 1.38 bits per heavy atom. The van der Waals surface area contributed by atoms with Crippen molar-refractivity contribution in [2.45, 2.75) is 32.4 Å². The zero-order chi connectivity index (χ0) is 16.3. The van der Waals surface area contributed by atoms with Gasteiger partial charge in [0, 0.05) is 18.1 Å². The van der Waals surface area contributed by atoms with Gasteiger partial charge < -0.3 is 10.1 Å². The molecule has 0 fully saturated rings. The summed E-state index contributed by atoms with van der Waals surface area (Å²) in [5.41, 5.74) is 0.545. The van der Waals surface area contributed by atoms with Crippen LogP contribution < -0.4 is 14.8 Å². The minimum atomic E-state index is -3.22. The van der Waals surface area contributed by atoms with E-state index in [4.69, 9.17) is 4.74 Å². The fourth-order valence-electron chi connectivity index (χ4n) is 2.02. The highest BCUT2D eigenvalue weighted by Crippen LogP contribution is 2.28. The van der Waals surface area contributed by atoms with E-state index in [9.17, 15) is 8.42 Å². The lowest BCUT2D eigenvalue weighted by molar-refractivity contribution is 0.397. The van der Waals surface area contributed by atoms with E-state index in [1.165, 1.54) is 6.26 Å². The van der Waals surface area contributed by atoms with Crippen LogP contribution >= 0.6 is 15.9 Å². The third kappa shape index (κ3) is 6.34. The van der Waals surface area contributed by atoms with Crippen molar-refractivity contribution in [1.29, 1.82) is 0 Å². The summed E-state index contributed by atoms with van der Waals surface area (Å²) in [7, 11) is -1.60. The van der Waals surface area contributed by atoms with Gasteiger partial charge in [0.1, 0.15) is 5.75 Å². The molecule has 1 atom stereocenters. The second-order valence-corrected chi connectivity index (χ2v) is 8.36. The molecule has 1 aromatic carbocycles. The predicted octanol–water partition coefficient (Wildman–Crippen LogP) is 2.44. The van der Waals surface area contributed by atoms with Gasteiger partial charge in [0.25, 0.3) is 0 Å². The van der Waals surface area contributed by atoms with E-state index in [-0.39, 0.29) is 6.04 Å². The zero-order valence-corrected chi connectivity index (χ0v) is 15.4. The van der Waals surface area contributed by atoms with Crippen molar-refractivity contribution < 1.29 is 13.2 Å². The Morgan fingerprint density at radius 2 is 2.00 bits per heavy atom. The maximum atomic E-state index is 11.3. The molecule has 0 radical (unpaired) electrons. The van der Waals surface area contributed by atoms with E-state index in [1.807, 2.05) is 39.0 Å². The van der Waals surface area contributed by atoms with Gasteiger partial charge in [-0.1, -0.05) is 6.07 Å². The summed E-state index contributed by atoms with van der Waals surface area (Å²) >= 11 is 3.46. The summed E-state index contributed by atoms with van der Waals surface area (Å²) in [6.07, 6.45) is 1.17.